The highest BCUT2D eigenvalue weighted by molar-refractivity contribution is 5.68. The molecular formula is C12H21F3N2O2. The van der Waals surface area contributed by atoms with E-state index in [1.165, 1.54) is 0 Å². The summed E-state index contributed by atoms with van der Waals surface area (Å²) in [7, 11) is 0. The molecule has 1 aliphatic rings. The van der Waals surface area contributed by atoms with Crippen LogP contribution in [0.4, 0.5) is 18.0 Å². The maximum atomic E-state index is 12.7. The highest BCUT2D eigenvalue weighted by atomic mass is 19.4. The van der Waals surface area contributed by atoms with E-state index < -0.39 is 29.8 Å². The molecule has 0 aromatic carbocycles. The first-order chi connectivity index (χ1) is 8.58. The van der Waals surface area contributed by atoms with Gasteiger partial charge in [-0.1, -0.05) is 0 Å². The molecule has 2 atom stereocenters. The third-order valence-corrected chi connectivity index (χ3v) is 2.81. The number of hydrogen-bond acceptors (Lipinski definition) is 3. The number of alkyl carbamates (subject to hydrolysis) is 1. The van der Waals surface area contributed by atoms with E-state index >= 15 is 0 Å². The van der Waals surface area contributed by atoms with Crippen LogP contribution in [0.5, 0.6) is 0 Å². The van der Waals surface area contributed by atoms with Crippen molar-refractivity contribution in [2.75, 3.05) is 13.1 Å². The predicted octanol–water partition coefficient (Wildman–Crippen LogP) is 2.44. The Morgan fingerprint density at radius 2 is 1.95 bits per heavy atom. The molecular weight excluding hydrogens is 261 g/mol. The van der Waals surface area contributed by atoms with Crippen molar-refractivity contribution in [3.05, 3.63) is 0 Å². The normalized spacial score (nSPS) is 25.6. The van der Waals surface area contributed by atoms with Gasteiger partial charge in [-0.3, -0.25) is 0 Å². The molecule has 1 rings (SSSR count). The molecule has 0 aromatic heterocycles. The number of alkyl halides is 3. The van der Waals surface area contributed by atoms with Gasteiger partial charge in [-0.2, -0.15) is 13.2 Å². The smallest absolute Gasteiger partial charge is 0.407 e. The van der Waals surface area contributed by atoms with Crippen molar-refractivity contribution in [3.63, 3.8) is 0 Å². The van der Waals surface area contributed by atoms with E-state index in [-0.39, 0.29) is 12.8 Å². The second-order valence-corrected chi connectivity index (χ2v) is 5.81. The van der Waals surface area contributed by atoms with Gasteiger partial charge in [0.25, 0.3) is 0 Å². The quantitative estimate of drug-likeness (QED) is 0.776. The van der Waals surface area contributed by atoms with Crippen LogP contribution in [0.15, 0.2) is 0 Å². The first-order valence-corrected chi connectivity index (χ1v) is 6.35. The first-order valence-electron chi connectivity index (χ1n) is 6.35. The topological polar surface area (TPSA) is 50.4 Å². The van der Waals surface area contributed by atoms with Gasteiger partial charge in [-0.15, -0.1) is 0 Å². The lowest BCUT2D eigenvalue weighted by Crippen LogP contribution is -2.44. The van der Waals surface area contributed by atoms with Gasteiger partial charge in [0.1, 0.15) is 5.60 Å². The van der Waals surface area contributed by atoms with Crippen molar-refractivity contribution < 1.29 is 22.7 Å². The number of amides is 1. The van der Waals surface area contributed by atoms with Gasteiger partial charge in [-0.05, 0) is 40.2 Å². The van der Waals surface area contributed by atoms with Crippen molar-refractivity contribution in [1.82, 2.24) is 10.6 Å². The molecule has 2 unspecified atom stereocenters. The van der Waals surface area contributed by atoms with Crippen LogP contribution in [-0.4, -0.2) is 37.0 Å². The summed E-state index contributed by atoms with van der Waals surface area (Å²) in [4.78, 5) is 11.6. The van der Waals surface area contributed by atoms with E-state index in [4.69, 9.17) is 4.74 Å². The number of rotatable bonds is 1. The summed E-state index contributed by atoms with van der Waals surface area (Å²) in [6, 6.07) is -0.566. The minimum absolute atomic E-state index is 0.0377. The fraction of sp³-hybridized carbons (Fsp3) is 0.917. The van der Waals surface area contributed by atoms with Gasteiger partial charge >= 0.3 is 12.3 Å². The average Bonchev–Trinajstić information content (AvgIpc) is 2.38. The molecule has 2 N–H and O–H groups in total. The van der Waals surface area contributed by atoms with E-state index in [0.717, 1.165) is 0 Å². The second kappa shape index (κ2) is 5.98. The highest BCUT2D eigenvalue weighted by Gasteiger charge is 2.41. The standard InChI is InChI=1S/C12H21F3N2O2/c1-11(2,3)19-10(18)17-9-6-8(12(13,14)15)4-5-16-7-9/h8-9,16H,4-7H2,1-3H3,(H,17,18). The Bertz CT molecular complexity index is 313. The van der Waals surface area contributed by atoms with E-state index in [1.807, 2.05) is 0 Å². The lowest BCUT2D eigenvalue weighted by atomic mass is 9.97. The van der Waals surface area contributed by atoms with Crippen molar-refractivity contribution in [3.8, 4) is 0 Å². The Morgan fingerprint density at radius 3 is 2.47 bits per heavy atom. The largest absolute Gasteiger partial charge is 0.444 e. The van der Waals surface area contributed by atoms with E-state index in [0.29, 0.717) is 13.1 Å². The van der Waals surface area contributed by atoms with Crippen LogP contribution in [0, 0.1) is 5.92 Å². The summed E-state index contributed by atoms with van der Waals surface area (Å²) < 4.78 is 43.2. The van der Waals surface area contributed by atoms with Gasteiger partial charge in [0.2, 0.25) is 0 Å². The Kier molecular flexibility index (Phi) is 5.06. The maximum absolute atomic E-state index is 12.7. The van der Waals surface area contributed by atoms with Gasteiger partial charge in [-0.25, -0.2) is 4.79 Å². The zero-order chi connectivity index (χ0) is 14.7. The fourth-order valence-corrected chi connectivity index (χ4v) is 1.98. The highest BCUT2D eigenvalue weighted by Crippen LogP contribution is 2.33. The minimum Gasteiger partial charge on any atom is -0.444 e. The zero-order valence-corrected chi connectivity index (χ0v) is 11.4. The molecule has 112 valence electrons. The predicted molar refractivity (Wildman–Crippen MR) is 64.8 cm³/mol. The molecule has 19 heavy (non-hydrogen) atoms. The zero-order valence-electron chi connectivity index (χ0n) is 11.4. The summed E-state index contributed by atoms with van der Waals surface area (Å²) in [5.41, 5.74) is -0.661. The number of halogens is 3. The fourth-order valence-electron chi connectivity index (χ4n) is 1.98. The average molecular weight is 282 g/mol. The van der Waals surface area contributed by atoms with Crippen LogP contribution >= 0.6 is 0 Å². The number of ether oxygens (including phenoxy) is 1. The number of nitrogens with one attached hydrogen (secondary N) is 2. The number of hydrogen-bond donors (Lipinski definition) is 2. The van der Waals surface area contributed by atoms with Crippen LogP contribution in [0.2, 0.25) is 0 Å². The van der Waals surface area contributed by atoms with Crippen molar-refractivity contribution in [1.29, 1.82) is 0 Å². The molecule has 0 aliphatic carbocycles. The molecule has 1 saturated heterocycles. The van der Waals surface area contributed by atoms with Crippen LogP contribution < -0.4 is 10.6 Å². The van der Waals surface area contributed by atoms with Crippen LogP contribution in [-0.2, 0) is 4.74 Å². The molecule has 1 aliphatic heterocycles. The second-order valence-electron chi connectivity index (χ2n) is 5.81. The first kappa shape index (κ1) is 16.1. The molecule has 4 nitrogen and oxygen atoms in total. The summed E-state index contributed by atoms with van der Waals surface area (Å²) in [5.74, 6) is -1.39. The maximum Gasteiger partial charge on any atom is 0.407 e. The Balaban J connectivity index is 2.55. The molecule has 1 fully saturated rings. The van der Waals surface area contributed by atoms with Gasteiger partial charge in [0, 0.05) is 12.6 Å². The SMILES string of the molecule is CC(C)(C)OC(=O)NC1CNCCC(C(F)(F)F)C1. The lowest BCUT2D eigenvalue weighted by Gasteiger charge is -2.25. The Morgan fingerprint density at radius 1 is 1.32 bits per heavy atom. The van der Waals surface area contributed by atoms with Crippen LogP contribution in [0.25, 0.3) is 0 Å². The molecule has 0 radical (unpaired) electrons. The summed E-state index contributed by atoms with van der Waals surface area (Å²) >= 11 is 0. The molecule has 1 amide bonds. The van der Waals surface area contributed by atoms with E-state index in [1.54, 1.807) is 20.8 Å². The number of carbonyl (C=O) groups is 1. The lowest BCUT2D eigenvalue weighted by molar-refractivity contribution is -0.177. The summed E-state index contributed by atoms with van der Waals surface area (Å²) in [6.07, 6.45) is -4.98. The van der Waals surface area contributed by atoms with Crippen LogP contribution in [0.1, 0.15) is 33.6 Å². The number of carbonyl (C=O) groups excluding carboxylic acids is 1. The van der Waals surface area contributed by atoms with E-state index in [2.05, 4.69) is 10.6 Å². The molecule has 7 heteroatoms. The Hall–Kier alpha value is -0.980. The molecule has 0 aromatic rings. The molecule has 0 bridgehead atoms. The third-order valence-electron chi connectivity index (χ3n) is 2.81. The van der Waals surface area contributed by atoms with Crippen molar-refractivity contribution >= 4 is 6.09 Å². The van der Waals surface area contributed by atoms with Crippen LogP contribution in [0.3, 0.4) is 0 Å². The molecule has 1 heterocycles. The molecule has 0 spiro atoms. The van der Waals surface area contributed by atoms with E-state index in [9.17, 15) is 18.0 Å². The Labute approximate surface area is 111 Å². The monoisotopic (exact) mass is 282 g/mol. The van der Waals surface area contributed by atoms with Crippen molar-refractivity contribution in [2.45, 2.75) is 51.4 Å². The van der Waals surface area contributed by atoms with Crippen molar-refractivity contribution in [2.24, 2.45) is 5.92 Å². The van der Waals surface area contributed by atoms with Gasteiger partial charge < -0.3 is 15.4 Å². The van der Waals surface area contributed by atoms with Gasteiger partial charge in [0.15, 0.2) is 0 Å². The molecule has 0 saturated carbocycles. The van der Waals surface area contributed by atoms with Gasteiger partial charge in [0.05, 0.1) is 5.92 Å². The summed E-state index contributed by atoms with van der Waals surface area (Å²) in [5, 5.41) is 5.39. The summed E-state index contributed by atoms with van der Waals surface area (Å²) in [6.45, 7) is 5.74. The minimum atomic E-state index is -4.22. The third kappa shape index (κ3) is 6.13.